The molecule has 0 amide bonds. The van der Waals surface area contributed by atoms with Gasteiger partial charge in [0, 0.05) is 25.5 Å². The number of Topliss-reactive ketones (excluding diaryl/α,β-unsaturated/α-hetero) is 1. The molecule has 5 heteroatoms. The van der Waals surface area contributed by atoms with Crippen LogP contribution in [-0.2, 0) is 16.0 Å². The predicted molar refractivity (Wildman–Crippen MR) is 120 cm³/mol. The summed E-state index contributed by atoms with van der Waals surface area (Å²) in [5.74, 6) is -0.184. The second-order valence-electron chi connectivity index (χ2n) is 7.23. The Balaban J connectivity index is 1.43. The molecule has 3 aromatic rings. The summed E-state index contributed by atoms with van der Waals surface area (Å²) in [4.78, 5) is 23.4. The lowest BCUT2D eigenvalue weighted by atomic mass is 10.0. The molecular formula is C26H26O5. The van der Waals surface area contributed by atoms with Crippen LogP contribution in [0.25, 0.3) is 11.1 Å². The van der Waals surface area contributed by atoms with Gasteiger partial charge in [-0.15, -0.1) is 0 Å². The summed E-state index contributed by atoms with van der Waals surface area (Å²) in [5.41, 5.74) is 3.71. The van der Waals surface area contributed by atoms with E-state index in [1.165, 1.54) is 7.11 Å². The van der Waals surface area contributed by atoms with Gasteiger partial charge in [-0.3, -0.25) is 4.79 Å². The summed E-state index contributed by atoms with van der Waals surface area (Å²) in [7, 11) is 1.37. The largest absolute Gasteiger partial charge is 0.494 e. The van der Waals surface area contributed by atoms with Crippen molar-refractivity contribution in [3.05, 3.63) is 90.0 Å². The van der Waals surface area contributed by atoms with Crippen molar-refractivity contribution >= 4 is 11.8 Å². The van der Waals surface area contributed by atoms with Gasteiger partial charge in [0.15, 0.2) is 11.9 Å². The zero-order valence-electron chi connectivity index (χ0n) is 17.5. The van der Waals surface area contributed by atoms with E-state index >= 15 is 0 Å². The number of carboxylic acid groups (broad SMARTS) is 1. The highest BCUT2D eigenvalue weighted by molar-refractivity contribution is 5.96. The highest BCUT2D eigenvalue weighted by atomic mass is 16.5. The van der Waals surface area contributed by atoms with Crippen molar-refractivity contribution in [2.45, 2.75) is 25.4 Å². The first-order valence-corrected chi connectivity index (χ1v) is 10.2. The van der Waals surface area contributed by atoms with E-state index in [1.807, 2.05) is 42.5 Å². The number of hydrogen-bond acceptors (Lipinski definition) is 4. The number of carbonyl (C=O) groups excluding carboxylic acids is 1. The molecule has 1 atom stereocenters. The Hall–Kier alpha value is -3.44. The first-order chi connectivity index (χ1) is 15.1. The Morgan fingerprint density at radius 2 is 1.52 bits per heavy atom. The summed E-state index contributed by atoms with van der Waals surface area (Å²) >= 11 is 0. The maximum atomic E-state index is 12.4. The Kier molecular flexibility index (Phi) is 7.96. The Bertz CT molecular complexity index is 979. The van der Waals surface area contributed by atoms with Gasteiger partial charge in [-0.1, -0.05) is 66.7 Å². The second kappa shape index (κ2) is 11.1. The third kappa shape index (κ3) is 6.52. The third-order valence-corrected chi connectivity index (χ3v) is 5.04. The number of methoxy groups -OCH3 is 1. The Labute approximate surface area is 182 Å². The molecular weight excluding hydrogens is 392 g/mol. The van der Waals surface area contributed by atoms with E-state index in [-0.39, 0.29) is 12.2 Å². The minimum absolute atomic E-state index is 0.0381. The maximum Gasteiger partial charge on any atom is 0.333 e. The lowest BCUT2D eigenvalue weighted by Crippen LogP contribution is -2.24. The molecule has 31 heavy (non-hydrogen) atoms. The average Bonchev–Trinajstić information content (AvgIpc) is 2.81. The Morgan fingerprint density at radius 1 is 0.871 bits per heavy atom. The van der Waals surface area contributed by atoms with Gasteiger partial charge in [-0.25, -0.2) is 4.79 Å². The number of ether oxygens (including phenoxy) is 2. The molecule has 0 fully saturated rings. The van der Waals surface area contributed by atoms with Gasteiger partial charge in [-0.05, 0) is 35.2 Å². The number of benzene rings is 3. The number of hydrogen-bond donors (Lipinski definition) is 1. The summed E-state index contributed by atoms with van der Waals surface area (Å²) < 4.78 is 10.7. The van der Waals surface area contributed by atoms with Gasteiger partial charge in [0.2, 0.25) is 0 Å². The van der Waals surface area contributed by atoms with Crippen LogP contribution in [0.1, 0.15) is 28.8 Å². The summed E-state index contributed by atoms with van der Waals surface area (Å²) in [6.45, 7) is 0.461. The van der Waals surface area contributed by atoms with Crippen molar-refractivity contribution in [3.8, 4) is 16.9 Å². The van der Waals surface area contributed by atoms with Gasteiger partial charge in [-0.2, -0.15) is 0 Å². The average molecular weight is 418 g/mol. The summed E-state index contributed by atoms with van der Waals surface area (Å²) in [5, 5.41) is 9.06. The van der Waals surface area contributed by atoms with E-state index in [2.05, 4.69) is 12.1 Å². The number of rotatable bonds is 11. The van der Waals surface area contributed by atoms with E-state index in [1.54, 1.807) is 24.3 Å². The second-order valence-corrected chi connectivity index (χ2v) is 7.23. The molecule has 0 aliphatic rings. The van der Waals surface area contributed by atoms with Crippen molar-refractivity contribution in [1.82, 2.24) is 0 Å². The molecule has 1 N–H and O–H groups in total. The number of carbonyl (C=O) groups is 2. The van der Waals surface area contributed by atoms with Gasteiger partial charge in [0.1, 0.15) is 5.75 Å². The molecule has 5 nitrogen and oxygen atoms in total. The molecule has 0 aromatic heterocycles. The molecule has 3 rings (SSSR count). The minimum Gasteiger partial charge on any atom is -0.494 e. The van der Waals surface area contributed by atoms with Crippen LogP contribution in [0.5, 0.6) is 5.75 Å². The van der Waals surface area contributed by atoms with E-state index in [0.29, 0.717) is 25.0 Å². The summed E-state index contributed by atoms with van der Waals surface area (Å²) in [6.07, 6.45) is 0.376. The summed E-state index contributed by atoms with van der Waals surface area (Å²) in [6, 6.07) is 25.1. The van der Waals surface area contributed by atoms with E-state index < -0.39 is 12.1 Å². The van der Waals surface area contributed by atoms with Gasteiger partial charge >= 0.3 is 5.97 Å². The molecule has 3 aromatic carbocycles. The predicted octanol–water partition coefficient (Wildman–Crippen LogP) is 5.04. The molecule has 0 aliphatic heterocycles. The third-order valence-electron chi connectivity index (χ3n) is 5.04. The van der Waals surface area contributed by atoms with E-state index in [4.69, 9.17) is 14.6 Å². The van der Waals surface area contributed by atoms with Crippen LogP contribution >= 0.6 is 0 Å². The zero-order valence-corrected chi connectivity index (χ0v) is 17.5. The highest BCUT2D eigenvalue weighted by Gasteiger charge is 2.17. The lowest BCUT2D eigenvalue weighted by molar-refractivity contribution is -0.148. The van der Waals surface area contributed by atoms with Crippen LogP contribution in [0.2, 0.25) is 0 Å². The van der Waals surface area contributed by atoms with E-state index in [0.717, 1.165) is 22.4 Å². The monoisotopic (exact) mass is 418 g/mol. The van der Waals surface area contributed by atoms with Crippen molar-refractivity contribution in [2.75, 3.05) is 13.7 Å². The normalized spacial score (nSPS) is 11.6. The van der Waals surface area contributed by atoms with Crippen LogP contribution in [0.3, 0.4) is 0 Å². The van der Waals surface area contributed by atoms with E-state index in [9.17, 15) is 9.59 Å². The van der Waals surface area contributed by atoms with Crippen LogP contribution in [-0.4, -0.2) is 36.7 Å². The van der Waals surface area contributed by atoms with Crippen molar-refractivity contribution < 1.29 is 24.2 Å². The number of ketones is 1. The zero-order chi connectivity index (χ0) is 22.1. The quantitative estimate of drug-likeness (QED) is 0.349. The molecule has 0 radical (unpaired) electrons. The SMILES string of the molecule is CO[C@@H](Cc1ccc(C(=O)CCCOc2ccc(-c3ccccc3)cc2)cc1)C(=O)O. The molecule has 0 saturated heterocycles. The fourth-order valence-electron chi connectivity index (χ4n) is 3.25. The Morgan fingerprint density at radius 3 is 2.13 bits per heavy atom. The fraction of sp³-hybridized carbons (Fsp3) is 0.231. The molecule has 0 saturated carbocycles. The molecule has 0 bridgehead atoms. The van der Waals surface area contributed by atoms with Crippen molar-refractivity contribution in [2.24, 2.45) is 0 Å². The smallest absolute Gasteiger partial charge is 0.333 e. The topological polar surface area (TPSA) is 72.8 Å². The highest BCUT2D eigenvalue weighted by Crippen LogP contribution is 2.22. The molecule has 160 valence electrons. The molecule has 0 heterocycles. The maximum absolute atomic E-state index is 12.4. The fourth-order valence-corrected chi connectivity index (χ4v) is 3.25. The molecule has 0 spiro atoms. The van der Waals surface area contributed by atoms with Crippen LogP contribution in [0.4, 0.5) is 0 Å². The van der Waals surface area contributed by atoms with Gasteiger partial charge < -0.3 is 14.6 Å². The van der Waals surface area contributed by atoms with Crippen LogP contribution < -0.4 is 4.74 Å². The molecule has 0 aliphatic carbocycles. The lowest BCUT2D eigenvalue weighted by Gasteiger charge is -2.10. The van der Waals surface area contributed by atoms with Crippen molar-refractivity contribution in [3.63, 3.8) is 0 Å². The van der Waals surface area contributed by atoms with Crippen molar-refractivity contribution in [1.29, 1.82) is 0 Å². The van der Waals surface area contributed by atoms with Gasteiger partial charge in [0.05, 0.1) is 6.61 Å². The van der Waals surface area contributed by atoms with Crippen LogP contribution in [0, 0.1) is 0 Å². The van der Waals surface area contributed by atoms with Crippen LogP contribution in [0.15, 0.2) is 78.9 Å². The molecule has 0 unspecified atom stereocenters. The first-order valence-electron chi connectivity index (χ1n) is 10.2. The standard InChI is InChI=1S/C26H26O5/c1-30-25(26(28)29)18-19-9-11-22(12-10-19)24(27)8-5-17-31-23-15-13-21(14-16-23)20-6-3-2-4-7-20/h2-4,6-7,9-16,25H,5,8,17-18H2,1H3,(H,28,29)/t25-/m0/s1. The number of aliphatic carboxylic acids is 1. The minimum atomic E-state index is -1.00. The van der Waals surface area contributed by atoms with Gasteiger partial charge in [0.25, 0.3) is 0 Å². The first kappa shape index (κ1) is 22.2. The number of carboxylic acids is 1.